The molecule has 2 fully saturated rings. The van der Waals surface area contributed by atoms with Crippen LogP contribution in [-0.4, -0.2) is 96.6 Å². The van der Waals surface area contributed by atoms with Gasteiger partial charge in [-0.3, -0.25) is 19.3 Å². The molecule has 12 heteroatoms. The lowest BCUT2D eigenvalue weighted by Crippen LogP contribution is -2.64. The van der Waals surface area contributed by atoms with E-state index >= 15 is 0 Å². The topological polar surface area (TPSA) is 157 Å². The van der Waals surface area contributed by atoms with Gasteiger partial charge in [0.1, 0.15) is 6.04 Å². The lowest BCUT2D eigenvalue weighted by atomic mass is 9.72. The molecule has 2 aliphatic rings. The van der Waals surface area contributed by atoms with Crippen LogP contribution in [0.3, 0.4) is 0 Å². The number of hydrogen-bond acceptors (Lipinski definition) is 8. The number of piperidine rings is 1. The summed E-state index contributed by atoms with van der Waals surface area (Å²) in [6.07, 6.45) is 5.37. The Balaban J connectivity index is 1.58. The molecule has 1 saturated carbocycles. The largest absolute Gasteiger partial charge is 0.390 e. The number of fused-ring (bicyclic) bond motifs is 1. The summed E-state index contributed by atoms with van der Waals surface area (Å²) in [6, 6.07) is 15.7. The van der Waals surface area contributed by atoms with Crippen LogP contribution >= 0.6 is 0 Å². The first-order valence-electron chi connectivity index (χ1n) is 17.8. The fraction of sp³-hybridized carbons (Fsp3) is 0.605. The van der Waals surface area contributed by atoms with Crippen molar-refractivity contribution in [1.82, 2.24) is 20.9 Å². The van der Waals surface area contributed by atoms with Crippen molar-refractivity contribution in [2.45, 2.75) is 108 Å². The zero-order valence-electron chi connectivity index (χ0n) is 30.4. The summed E-state index contributed by atoms with van der Waals surface area (Å²) in [5.41, 5.74) is 1.14. The van der Waals surface area contributed by atoms with Gasteiger partial charge in [-0.2, -0.15) is 0 Å². The van der Waals surface area contributed by atoms with Crippen molar-refractivity contribution in [2.75, 3.05) is 31.2 Å². The highest BCUT2D eigenvalue weighted by Gasteiger charge is 2.46. The number of nitrogens with one attached hydrogen (secondary N) is 4. The predicted octanol–water partition coefficient (Wildman–Crippen LogP) is 3.29. The second-order valence-electron chi connectivity index (χ2n) is 15.7. The second-order valence-corrected chi connectivity index (χ2v) is 18.3. The number of hydrogen-bond donors (Lipinski definition) is 5. The fourth-order valence-corrected chi connectivity index (χ4v) is 7.73. The van der Waals surface area contributed by atoms with E-state index in [-0.39, 0.29) is 25.4 Å². The molecular formula is C38H57N5O6S. The molecule has 50 heavy (non-hydrogen) atoms. The first kappa shape index (κ1) is 39.3. The van der Waals surface area contributed by atoms with E-state index in [0.717, 1.165) is 37.5 Å². The molecule has 0 aromatic heterocycles. The average Bonchev–Trinajstić information content (AvgIpc) is 3.05. The number of rotatable bonds is 14. The number of carbonyl (C=O) groups is 3. The highest BCUT2D eigenvalue weighted by atomic mass is 32.2. The molecule has 11 nitrogen and oxygen atoms in total. The minimum Gasteiger partial charge on any atom is -0.390 e. The maximum Gasteiger partial charge on any atom is 0.244 e. The first-order chi connectivity index (χ1) is 23.4. The van der Waals surface area contributed by atoms with E-state index in [9.17, 15) is 27.9 Å². The number of β-amino-alcohol motifs (C(OH)–C–C–N with tert-alkyl or cyclic N) is 1. The Morgan fingerprint density at radius 2 is 1.50 bits per heavy atom. The maximum atomic E-state index is 14.2. The Bertz CT molecular complexity index is 1550. The minimum absolute atomic E-state index is 0.0702. The van der Waals surface area contributed by atoms with E-state index in [4.69, 9.17) is 0 Å². The van der Waals surface area contributed by atoms with Gasteiger partial charge in [-0.15, -0.1) is 0 Å². The fourth-order valence-electron chi connectivity index (χ4n) is 7.13. The van der Waals surface area contributed by atoms with E-state index in [0.29, 0.717) is 30.5 Å². The van der Waals surface area contributed by atoms with E-state index < -0.39 is 56.2 Å². The van der Waals surface area contributed by atoms with Gasteiger partial charge in [-0.25, -0.2) is 8.42 Å². The van der Waals surface area contributed by atoms with Gasteiger partial charge >= 0.3 is 0 Å². The molecule has 1 aliphatic heterocycles. The van der Waals surface area contributed by atoms with Crippen molar-refractivity contribution in [2.24, 2.45) is 11.8 Å². The minimum atomic E-state index is -3.85. The summed E-state index contributed by atoms with van der Waals surface area (Å²) in [5.74, 6) is -0.474. The van der Waals surface area contributed by atoms with Gasteiger partial charge in [0, 0.05) is 30.6 Å². The van der Waals surface area contributed by atoms with Gasteiger partial charge in [0.05, 0.1) is 29.5 Å². The molecule has 1 saturated heterocycles. The van der Waals surface area contributed by atoms with Gasteiger partial charge in [0.2, 0.25) is 17.7 Å². The van der Waals surface area contributed by atoms with Crippen molar-refractivity contribution in [3.63, 3.8) is 0 Å². The number of sulfone groups is 1. The van der Waals surface area contributed by atoms with E-state index in [2.05, 4.69) is 26.2 Å². The normalized spacial score (nSPS) is 21.9. The number of carbonyl (C=O) groups excluding carboxylic acids is 3. The Morgan fingerprint density at radius 1 is 0.900 bits per heavy atom. The standard InChI is InChI=1S/C38H57N5O6S/c1-37(2,3)42-35(46)31-22-27-17-13-14-18-28(27)24-43(31)25-32(44)30(21-26-15-9-7-10-16-26)40-36(47)34(38(4,5)50(6,48)49)41-33(45)23-39-29-19-11-8-12-20-29/h7-12,15-16,19-20,27-28,30-32,34,39,44H,13-14,17-18,21-25H2,1-6H3,(H,40,47)(H,41,45)(H,42,46)/t27-,28+,30-,31-,32+,34+/m0/s1. The zero-order valence-corrected chi connectivity index (χ0v) is 31.3. The number of likely N-dealkylation sites (tertiary alicyclic amines) is 1. The van der Waals surface area contributed by atoms with E-state index in [1.807, 2.05) is 69.3 Å². The number of anilines is 1. The van der Waals surface area contributed by atoms with Crippen molar-refractivity contribution in [3.8, 4) is 0 Å². The van der Waals surface area contributed by atoms with Crippen LogP contribution in [0.4, 0.5) is 5.69 Å². The van der Waals surface area contributed by atoms with Crippen molar-refractivity contribution < 1.29 is 27.9 Å². The molecule has 0 radical (unpaired) electrons. The third kappa shape index (κ3) is 10.8. The number of benzene rings is 2. The summed E-state index contributed by atoms with van der Waals surface area (Å²) in [6.45, 7) is 9.30. The Morgan fingerprint density at radius 3 is 2.10 bits per heavy atom. The van der Waals surface area contributed by atoms with Crippen LogP contribution in [0.25, 0.3) is 0 Å². The SMILES string of the molecule is CC(C)(C)NC(=O)[C@@H]1C[C@@H]2CCCC[C@@H]2CN1C[C@@H](O)[C@H](Cc1ccccc1)NC(=O)[C@@H](NC(=O)CNc1ccccc1)C(C)(C)S(C)(=O)=O. The lowest BCUT2D eigenvalue weighted by Gasteiger charge is -2.47. The number of para-hydroxylation sites is 1. The van der Waals surface area contributed by atoms with E-state index in [1.54, 1.807) is 12.1 Å². The second kappa shape index (κ2) is 16.7. The number of nitrogens with zero attached hydrogens (tertiary/aromatic N) is 1. The highest BCUT2D eigenvalue weighted by molar-refractivity contribution is 7.92. The molecule has 2 aromatic carbocycles. The average molecular weight is 712 g/mol. The van der Waals surface area contributed by atoms with Gasteiger partial charge in [0.15, 0.2) is 9.84 Å². The van der Waals surface area contributed by atoms with Crippen molar-refractivity contribution >= 4 is 33.2 Å². The zero-order chi connectivity index (χ0) is 36.7. The van der Waals surface area contributed by atoms with Gasteiger partial charge in [-0.05, 0) is 83.4 Å². The Labute approximate surface area is 298 Å². The molecule has 5 N–H and O–H groups in total. The number of aliphatic hydroxyl groups excluding tert-OH is 1. The molecule has 4 rings (SSSR count). The first-order valence-corrected chi connectivity index (χ1v) is 19.7. The molecule has 0 bridgehead atoms. The highest BCUT2D eigenvalue weighted by Crippen LogP contribution is 2.39. The summed E-state index contributed by atoms with van der Waals surface area (Å²) >= 11 is 0. The summed E-state index contributed by atoms with van der Waals surface area (Å²) < 4.78 is 24.3. The molecule has 3 amide bonds. The molecule has 276 valence electrons. The van der Waals surface area contributed by atoms with Crippen molar-refractivity contribution in [3.05, 3.63) is 66.2 Å². The molecule has 0 spiro atoms. The van der Waals surface area contributed by atoms with E-state index in [1.165, 1.54) is 13.8 Å². The van der Waals surface area contributed by atoms with Gasteiger partial charge in [0.25, 0.3) is 0 Å². The number of aliphatic hydroxyl groups is 1. The molecule has 1 heterocycles. The van der Waals surface area contributed by atoms with Crippen LogP contribution < -0.4 is 21.3 Å². The summed E-state index contributed by atoms with van der Waals surface area (Å²) in [5, 5.41) is 23.7. The summed E-state index contributed by atoms with van der Waals surface area (Å²) in [4.78, 5) is 43.0. The smallest absolute Gasteiger partial charge is 0.244 e. The van der Waals surface area contributed by atoms with Crippen LogP contribution in [0.15, 0.2) is 60.7 Å². The summed E-state index contributed by atoms with van der Waals surface area (Å²) in [7, 11) is -3.85. The van der Waals surface area contributed by atoms with Crippen LogP contribution in [0.5, 0.6) is 0 Å². The van der Waals surface area contributed by atoms with Crippen LogP contribution in [0, 0.1) is 11.8 Å². The van der Waals surface area contributed by atoms with Gasteiger partial charge in [-0.1, -0.05) is 67.8 Å². The van der Waals surface area contributed by atoms with Crippen LogP contribution in [-0.2, 0) is 30.6 Å². The Kier molecular flexibility index (Phi) is 13.1. The number of amides is 3. The molecule has 1 aliphatic carbocycles. The third-order valence-electron chi connectivity index (χ3n) is 10.3. The van der Waals surface area contributed by atoms with Crippen LogP contribution in [0.1, 0.15) is 72.3 Å². The molecule has 6 atom stereocenters. The molecule has 0 unspecified atom stereocenters. The maximum absolute atomic E-state index is 14.2. The third-order valence-corrected chi connectivity index (χ3v) is 12.4. The van der Waals surface area contributed by atoms with Gasteiger partial charge < -0.3 is 26.4 Å². The lowest BCUT2D eigenvalue weighted by molar-refractivity contribution is -0.133. The Hall–Kier alpha value is -3.48. The van der Waals surface area contributed by atoms with Crippen LogP contribution in [0.2, 0.25) is 0 Å². The monoisotopic (exact) mass is 711 g/mol. The quantitative estimate of drug-likeness (QED) is 0.200. The van der Waals surface area contributed by atoms with Crippen molar-refractivity contribution in [1.29, 1.82) is 0 Å². The predicted molar refractivity (Wildman–Crippen MR) is 197 cm³/mol. The molecular weight excluding hydrogens is 655 g/mol. The molecule has 2 aromatic rings.